The molecule has 30 heavy (non-hydrogen) atoms. The zero-order valence-electron chi connectivity index (χ0n) is 17.4. The minimum absolute atomic E-state index is 0.0864. The van der Waals surface area contributed by atoms with Crippen LogP contribution in [0.25, 0.3) is 0 Å². The largest absolute Gasteiger partial charge is 0.345 e. The van der Waals surface area contributed by atoms with Crippen molar-refractivity contribution in [2.24, 2.45) is 5.41 Å². The fourth-order valence-electron chi connectivity index (χ4n) is 4.10. The van der Waals surface area contributed by atoms with Gasteiger partial charge in [0.25, 0.3) is 0 Å². The molecule has 0 aromatic heterocycles. The summed E-state index contributed by atoms with van der Waals surface area (Å²) in [5, 5.41) is 2.77. The monoisotopic (exact) mass is 416 g/mol. The number of aryl methyl sites for hydroxylation is 1. The molecule has 1 aliphatic rings. The highest BCUT2D eigenvalue weighted by molar-refractivity contribution is 5.88. The van der Waals surface area contributed by atoms with Crippen LogP contribution in [0, 0.1) is 5.41 Å². The summed E-state index contributed by atoms with van der Waals surface area (Å²) in [7, 11) is 0. The Morgan fingerprint density at radius 2 is 1.73 bits per heavy atom. The summed E-state index contributed by atoms with van der Waals surface area (Å²) >= 11 is 0. The van der Waals surface area contributed by atoms with Crippen molar-refractivity contribution in [2.45, 2.75) is 45.8 Å². The lowest BCUT2D eigenvalue weighted by atomic mass is 9.74. The highest BCUT2D eigenvalue weighted by Gasteiger charge is 2.35. The Bertz CT molecular complexity index is 789. The van der Waals surface area contributed by atoms with Crippen LogP contribution in [0.3, 0.4) is 0 Å². The second-order valence-electron chi connectivity index (χ2n) is 8.21. The fraction of sp³-hybridized carbons (Fsp3) is 0.458. The SMILES string of the molecule is CC(=O)Nc1ccc(CN2CCC(CCc3ccccc3)(COC(F)F)CC2)cc1. The number of piperidine rings is 1. The van der Waals surface area contributed by atoms with Gasteiger partial charge in [-0.05, 0) is 67.4 Å². The number of carbonyl (C=O) groups is 1. The number of amides is 1. The van der Waals surface area contributed by atoms with Crippen molar-refractivity contribution in [3.05, 3.63) is 65.7 Å². The van der Waals surface area contributed by atoms with Crippen molar-refractivity contribution in [1.29, 1.82) is 0 Å². The number of nitrogens with one attached hydrogen (secondary N) is 1. The maximum absolute atomic E-state index is 12.7. The summed E-state index contributed by atoms with van der Waals surface area (Å²) in [5.41, 5.74) is 2.98. The molecule has 1 N–H and O–H groups in total. The Morgan fingerprint density at radius 1 is 1.07 bits per heavy atom. The molecule has 0 radical (unpaired) electrons. The molecular formula is C24H30F2N2O2. The lowest BCUT2D eigenvalue weighted by Crippen LogP contribution is -2.42. The molecule has 4 nitrogen and oxygen atoms in total. The van der Waals surface area contributed by atoms with Crippen molar-refractivity contribution < 1.29 is 18.3 Å². The van der Waals surface area contributed by atoms with Crippen molar-refractivity contribution in [1.82, 2.24) is 4.90 Å². The third kappa shape index (κ3) is 6.89. The summed E-state index contributed by atoms with van der Waals surface area (Å²) in [6, 6.07) is 18.0. The van der Waals surface area contributed by atoms with E-state index in [9.17, 15) is 13.6 Å². The van der Waals surface area contributed by atoms with E-state index in [0.717, 1.165) is 51.0 Å². The van der Waals surface area contributed by atoms with Crippen molar-refractivity contribution in [3.63, 3.8) is 0 Å². The first kappa shape index (κ1) is 22.4. The van der Waals surface area contributed by atoms with Gasteiger partial charge in [0.05, 0.1) is 6.61 Å². The standard InChI is InChI=1S/C24H30F2N2O2/c1-19(29)27-22-9-7-21(8-10-22)17-28-15-13-24(14-16-28,18-30-23(25)26)12-11-20-5-3-2-4-6-20/h2-10,23H,11-18H2,1H3,(H,27,29). The average molecular weight is 417 g/mol. The van der Waals surface area contributed by atoms with Crippen LogP contribution < -0.4 is 5.32 Å². The Balaban J connectivity index is 1.56. The molecule has 162 valence electrons. The third-order valence-electron chi connectivity index (χ3n) is 5.90. The van der Waals surface area contributed by atoms with E-state index >= 15 is 0 Å². The van der Waals surface area contributed by atoms with Crippen molar-refractivity contribution >= 4 is 11.6 Å². The number of anilines is 1. The molecule has 1 fully saturated rings. The molecule has 0 aliphatic carbocycles. The van der Waals surface area contributed by atoms with E-state index < -0.39 is 6.61 Å². The molecular weight excluding hydrogens is 386 g/mol. The molecule has 1 saturated heterocycles. The number of rotatable bonds is 9. The molecule has 1 heterocycles. The van der Waals surface area contributed by atoms with Gasteiger partial charge in [-0.2, -0.15) is 8.78 Å². The second-order valence-corrected chi connectivity index (χ2v) is 8.21. The molecule has 1 aliphatic heterocycles. The van der Waals surface area contributed by atoms with Gasteiger partial charge >= 0.3 is 6.61 Å². The number of hydrogen-bond donors (Lipinski definition) is 1. The number of carbonyl (C=O) groups excluding carboxylic acids is 1. The van der Waals surface area contributed by atoms with E-state index in [4.69, 9.17) is 4.74 Å². The molecule has 0 bridgehead atoms. The van der Waals surface area contributed by atoms with Gasteiger partial charge in [0.2, 0.25) is 5.91 Å². The third-order valence-corrected chi connectivity index (χ3v) is 5.90. The molecule has 0 spiro atoms. The van der Waals surface area contributed by atoms with Crippen LogP contribution in [0.15, 0.2) is 54.6 Å². The molecule has 0 atom stereocenters. The first-order valence-corrected chi connectivity index (χ1v) is 10.5. The summed E-state index contributed by atoms with van der Waals surface area (Å²) in [6.45, 7) is 1.40. The summed E-state index contributed by atoms with van der Waals surface area (Å²) in [5.74, 6) is -0.0864. The number of hydrogen-bond acceptors (Lipinski definition) is 3. The molecule has 2 aromatic carbocycles. The molecule has 6 heteroatoms. The smallest absolute Gasteiger partial charge is 0.326 e. The predicted octanol–water partition coefficient (Wildman–Crippen LogP) is 5.10. The maximum atomic E-state index is 12.7. The number of alkyl halides is 2. The average Bonchev–Trinajstić information content (AvgIpc) is 2.74. The number of benzene rings is 2. The van der Waals surface area contributed by atoms with Gasteiger partial charge < -0.3 is 10.1 Å². The normalized spacial score (nSPS) is 16.5. The molecule has 0 unspecified atom stereocenters. The maximum Gasteiger partial charge on any atom is 0.345 e. The Labute approximate surface area is 177 Å². The molecule has 1 amide bonds. The molecule has 2 aromatic rings. The van der Waals surface area contributed by atoms with Crippen LogP contribution in [-0.4, -0.2) is 37.1 Å². The van der Waals surface area contributed by atoms with Crippen molar-refractivity contribution in [2.75, 3.05) is 25.0 Å². The van der Waals surface area contributed by atoms with Crippen LogP contribution >= 0.6 is 0 Å². The van der Waals surface area contributed by atoms with Crippen LogP contribution in [0.2, 0.25) is 0 Å². The highest BCUT2D eigenvalue weighted by Crippen LogP contribution is 2.37. The van der Waals surface area contributed by atoms with Gasteiger partial charge in [0, 0.05) is 19.2 Å². The lowest BCUT2D eigenvalue weighted by molar-refractivity contribution is -0.159. The lowest BCUT2D eigenvalue weighted by Gasteiger charge is -2.42. The molecule has 0 saturated carbocycles. The van der Waals surface area contributed by atoms with E-state index in [2.05, 4.69) is 22.3 Å². The fourth-order valence-corrected chi connectivity index (χ4v) is 4.10. The zero-order valence-corrected chi connectivity index (χ0v) is 17.4. The highest BCUT2D eigenvalue weighted by atomic mass is 19.3. The Morgan fingerprint density at radius 3 is 2.33 bits per heavy atom. The summed E-state index contributed by atoms with van der Waals surface area (Å²) in [6.07, 6.45) is 3.41. The quantitative estimate of drug-likeness (QED) is 0.618. The van der Waals surface area contributed by atoms with Gasteiger partial charge in [0.15, 0.2) is 0 Å². The van der Waals surface area contributed by atoms with Gasteiger partial charge in [-0.3, -0.25) is 9.69 Å². The molecule has 3 rings (SSSR count). The number of likely N-dealkylation sites (tertiary alicyclic amines) is 1. The van der Waals surface area contributed by atoms with Gasteiger partial charge in [-0.15, -0.1) is 0 Å². The second kappa shape index (κ2) is 10.6. The van der Waals surface area contributed by atoms with Gasteiger partial charge in [0.1, 0.15) is 0 Å². The summed E-state index contributed by atoms with van der Waals surface area (Å²) in [4.78, 5) is 13.5. The van der Waals surface area contributed by atoms with Crippen LogP contribution in [0.1, 0.15) is 37.3 Å². The Hall–Kier alpha value is -2.31. The van der Waals surface area contributed by atoms with E-state index in [1.807, 2.05) is 42.5 Å². The van der Waals surface area contributed by atoms with Crippen molar-refractivity contribution in [3.8, 4) is 0 Å². The van der Waals surface area contributed by atoms with Gasteiger partial charge in [-0.25, -0.2) is 0 Å². The van der Waals surface area contributed by atoms with Gasteiger partial charge in [-0.1, -0.05) is 42.5 Å². The van der Waals surface area contributed by atoms with E-state index in [1.165, 1.54) is 18.1 Å². The number of halogens is 2. The Kier molecular flexibility index (Phi) is 7.94. The zero-order chi connectivity index (χ0) is 21.4. The van der Waals surface area contributed by atoms with Crippen LogP contribution in [0.5, 0.6) is 0 Å². The predicted molar refractivity (Wildman–Crippen MR) is 114 cm³/mol. The number of nitrogens with zero attached hydrogens (tertiary/aromatic N) is 1. The summed E-state index contributed by atoms with van der Waals surface area (Å²) < 4.78 is 30.3. The van der Waals surface area contributed by atoms with E-state index in [-0.39, 0.29) is 17.9 Å². The first-order valence-electron chi connectivity index (χ1n) is 10.5. The minimum atomic E-state index is -2.72. The first-order chi connectivity index (χ1) is 14.4. The van der Waals surface area contributed by atoms with E-state index in [0.29, 0.717) is 0 Å². The number of ether oxygens (including phenoxy) is 1. The minimum Gasteiger partial charge on any atom is -0.326 e. The van der Waals surface area contributed by atoms with E-state index in [1.54, 1.807) is 0 Å². The van der Waals surface area contributed by atoms with Crippen LogP contribution in [-0.2, 0) is 22.5 Å². The topological polar surface area (TPSA) is 41.6 Å². The van der Waals surface area contributed by atoms with Crippen LogP contribution in [0.4, 0.5) is 14.5 Å².